The Morgan fingerprint density at radius 3 is 2.43 bits per heavy atom. The Labute approximate surface area is 121 Å². The van der Waals surface area contributed by atoms with E-state index in [9.17, 15) is 14.7 Å². The van der Waals surface area contributed by atoms with Crippen molar-refractivity contribution in [3.05, 3.63) is 53.6 Å². The van der Waals surface area contributed by atoms with Crippen molar-refractivity contribution < 1.29 is 19.8 Å². The van der Waals surface area contributed by atoms with Crippen LogP contribution in [-0.4, -0.2) is 28.6 Å². The fourth-order valence-corrected chi connectivity index (χ4v) is 1.99. The Balaban J connectivity index is 2.38. The summed E-state index contributed by atoms with van der Waals surface area (Å²) in [6.07, 6.45) is 0. The molecule has 108 valence electrons. The van der Waals surface area contributed by atoms with Crippen molar-refractivity contribution in [3.8, 4) is 16.9 Å². The summed E-state index contributed by atoms with van der Waals surface area (Å²) < 4.78 is 0. The molecule has 0 aliphatic rings. The molecule has 0 radical (unpaired) electrons. The summed E-state index contributed by atoms with van der Waals surface area (Å²) in [5.74, 6) is -1.66. The van der Waals surface area contributed by atoms with E-state index in [1.54, 1.807) is 30.3 Å². The zero-order valence-electron chi connectivity index (χ0n) is 11.5. The number of carbonyl (C=O) groups excluding carboxylic acids is 1. The first-order chi connectivity index (χ1) is 10.0. The summed E-state index contributed by atoms with van der Waals surface area (Å²) in [4.78, 5) is 22.7. The van der Waals surface area contributed by atoms with Gasteiger partial charge < -0.3 is 15.5 Å². The number of carboxylic acid groups (broad SMARTS) is 1. The van der Waals surface area contributed by atoms with E-state index in [-0.39, 0.29) is 17.2 Å². The lowest BCUT2D eigenvalue weighted by molar-refractivity contribution is 0.0693. The Bertz CT molecular complexity index is 694. The van der Waals surface area contributed by atoms with E-state index in [4.69, 9.17) is 5.11 Å². The number of phenols is 1. The molecule has 0 aromatic heterocycles. The standard InChI is InChI=1S/C16H15NO4/c1-2-17-15(19)12-5-3-4-10(8-12)11-6-7-13(16(20)21)14(18)9-11/h3-9,18H,2H2,1H3,(H,17,19)(H,20,21). The van der Waals surface area contributed by atoms with Crippen LogP contribution in [0, 0.1) is 0 Å². The molecule has 0 saturated heterocycles. The highest BCUT2D eigenvalue weighted by Gasteiger charge is 2.11. The lowest BCUT2D eigenvalue weighted by Gasteiger charge is -2.07. The third kappa shape index (κ3) is 3.20. The molecule has 0 unspecified atom stereocenters. The second-order valence-electron chi connectivity index (χ2n) is 4.48. The van der Waals surface area contributed by atoms with Crippen LogP contribution in [0.2, 0.25) is 0 Å². The highest BCUT2D eigenvalue weighted by molar-refractivity contribution is 5.96. The van der Waals surface area contributed by atoms with Crippen molar-refractivity contribution in [1.29, 1.82) is 0 Å². The maximum absolute atomic E-state index is 11.8. The fraction of sp³-hybridized carbons (Fsp3) is 0.125. The van der Waals surface area contributed by atoms with Gasteiger partial charge in [0.1, 0.15) is 11.3 Å². The van der Waals surface area contributed by atoms with Gasteiger partial charge >= 0.3 is 5.97 Å². The molecule has 0 aliphatic heterocycles. The minimum absolute atomic E-state index is 0.154. The van der Waals surface area contributed by atoms with Gasteiger partial charge in [0.25, 0.3) is 5.91 Å². The van der Waals surface area contributed by atoms with E-state index in [0.29, 0.717) is 17.7 Å². The predicted molar refractivity (Wildman–Crippen MR) is 78.5 cm³/mol. The molecule has 0 heterocycles. The maximum Gasteiger partial charge on any atom is 0.339 e. The summed E-state index contributed by atoms with van der Waals surface area (Å²) >= 11 is 0. The van der Waals surface area contributed by atoms with Crippen LogP contribution in [0.25, 0.3) is 11.1 Å². The fourth-order valence-electron chi connectivity index (χ4n) is 1.99. The van der Waals surface area contributed by atoms with Gasteiger partial charge in [0, 0.05) is 12.1 Å². The molecule has 2 aromatic carbocycles. The number of hydrogen-bond donors (Lipinski definition) is 3. The maximum atomic E-state index is 11.8. The van der Waals surface area contributed by atoms with Crippen LogP contribution >= 0.6 is 0 Å². The number of amides is 1. The first kappa shape index (κ1) is 14.6. The SMILES string of the molecule is CCNC(=O)c1cccc(-c2ccc(C(=O)O)c(O)c2)c1. The van der Waals surface area contributed by atoms with E-state index in [2.05, 4.69) is 5.32 Å². The van der Waals surface area contributed by atoms with Gasteiger partial charge in [-0.15, -0.1) is 0 Å². The molecule has 5 nitrogen and oxygen atoms in total. The van der Waals surface area contributed by atoms with Gasteiger partial charge in [-0.2, -0.15) is 0 Å². The molecule has 0 saturated carbocycles. The van der Waals surface area contributed by atoms with Crippen LogP contribution in [0.1, 0.15) is 27.6 Å². The van der Waals surface area contributed by atoms with Crippen LogP contribution in [0.5, 0.6) is 5.75 Å². The van der Waals surface area contributed by atoms with Crippen molar-refractivity contribution in [2.45, 2.75) is 6.92 Å². The van der Waals surface area contributed by atoms with Gasteiger partial charge in [-0.1, -0.05) is 18.2 Å². The highest BCUT2D eigenvalue weighted by atomic mass is 16.4. The molecule has 3 N–H and O–H groups in total. The zero-order valence-corrected chi connectivity index (χ0v) is 11.5. The average Bonchev–Trinajstić information content (AvgIpc) is 2.47. The number of hydrogen-bond acceptors (Lipinski definition) is 3. The first-order valence-corrected chi connectivity index (χ1v) is 6.48. The van der Waals surface area contributed by atoms with Crippen LogP contribution in [0.3, 0.4) is 0 Å². The van der Waals surface area contributed by atoms with Crippen LogP contribution in [-0.2, 0) is 0 Å². The van der Waals surface area contributed by atoms with Gasteiger partial charge in [0.2, 0.25) is 0 Å². The van der Waals surface area contributed by atoms with Gasteiger partial charge in [-0.05, 0) is 42.3 Å². The summed E-state index contributed by atoms with van der Waals surface area (Å²) in [7, 11) is 0. The molecule has 1 amide bonds. The minimum atomic E-state index is -1.19. The van der Waals surface area contributed by atoms with Gasteiger partial charge in [-0.3, -0.25) is 4.79 Å². The van der Waals surface area contributed by atoms with Crippen molar-refractivity contribution >= 4 is 11.9 Å². The van der Waals surface area contributed by atoms with Crippen molar-refractivity contribution in [3.63, 3.8) is 0 Å². The number of aromatic hydroxyl groups is 1. The largest absolute Gasteiger partial charge is 0.507 e. The van der Waals surface area contributed by atoms with Crippen molar-refractivity contribution in [2.24, 2.45) is 0 Å². The van der Waals surface area contributed by atoms with E-state index < -0.39 is 5.97 Å². The van der Waals surface area contributed by atoms with Gasteiger partial charge in [-0.25, -0.2) is 4.79 Å². The van der Waals surface area contributed by atoms with E-state index in [0.717, 1.165) is 5.56 Å². The smallest absolute Gasteiger partial charge is 0.339 e. The molecule has 0 fully saturated rings. The molecule has 5 heteroatoms. The van der Waals surface area contributed by atoms with E-state index in [1.807, 2.05) is 6.92 Å². The third-order valence-corrected chi connectivity index (χ3v) is 3.02. The Morgan fingerprint density at radius 2 is 1.81 bits per heavy atom. The molecule has 2 aromatic rings. The minimum Gasteiger partial charge on any atom is -0.507 e. The highest BCUT2D eigenvalue weighted by Crippen LogP contribution is 2.27. The lowest BCUT2D eigenvalue weighted by atomic mass is 10.0. The Morgan fingerprint density at radius 1 is 1.10 bits per heavy atom. The number of nitrogens with one attached hydrogen (secondary N) is 1. The van der Waals surface area contributed by atoms with E-state index in [1.165, 1.54) is 12.1 Å². The quantitative estimate of drug-likeness (QED) is 0.805. The summed E-state index contributed by atoms with van der Waals surface area (Å²) in [6, 6.07) is 11.2. The third-order valence-electron chi connectivity index (χ3n) is 3.02. The number of benzene rings is 2. The molecule has 0 bridgehead atoms. The molecule has 2 rings (SSSR count). The van der Waals surface area contributed by atoms with Crippen molar-refractivity contribution in [1.82, 2.24) is 5.32 Å². The molecular weight excluding hydrogens is 270 g/mol. The molecule has 21 heavy (non-hydrogen) atoms. The average molecular weight is 285 g/mol. The second kappa shape index (κ2) is 6.09. The zero-order chi connectivity index (χ0) is 15.4. The number of rotatable bonds is 4. The van der Waals surface area contributed by atoms with Gasteiger partial charge in [0.05, 0.1) is 0 Å². The molecule has 0 spiro atoms. The lowest BCUT2D eigenvalue weighted by Crippen LogP contribution is -2.22. The first-order valence-electron chi connectivity index (χ1n) is 6.48. The monoisotopic (exact) mass is 285 g/mol. The normalized spacial score (nSPS) is 10.1. The summed E-state index contributed by atoms with van der Waals surface area (Å²) in [5.41, 5.74) is 1.73. The van der Waals surface area contributed by atoms with Crippen LogP contribution in [0.4, 0.5) is 0 Å². The van der Waals surface area contributed by atoms with E-state index >= 15 is 0 Å². The Hall–Kier alpha value is -2.82. The predicted octanol–water partition coefficient (Wildman–Crippen LogP) is 2.51. The molecule has 0 aliphatic carbocycles. The number of aromatic carboxylic acids is 1. The second-order valence-corrected chi connectivity index (χ2v) is 4.48. The summed E-state index contributed by atoms with van der Waals surface area (Å²) in [6.45, 7) is 2.38. The topological polar surface area (TPSA) is 86.6 Å². The van der Waals surface area contributed by atoms with Crippen molar-refractivity contribution in [2.75, 3.05) is 6.54 Å². The molecule has 0 atom stereocenters. The van der Waals surface area contributed by atoms with Crippen LogP contribution in [0.15, 0.2) is 42.5 Å². The summed E-state index contributed by atoms with van der Waals surface area (Å²) in [5, 5.41) is 21.3. The number of carbonyl (C=O) groups is 2. The van der Waals surface area contributed by atoms with Crippen LogP contribution < -0.4 is 5.32 Å². The van der Waals surface area contributed by atoms with Gasteiger partial charge in [0.15, 0.2) is 0 Å². The molecular formula is C16H15NO4. The Kier molecular flexibility index (Phi) is 4.23. The number of carboxylic acids is 1.